The molecule has 0 aliphatic heterocycles. The van der Waals surface area contributed by atoms with Gasteiger partial charge in [-0.05, 0) is 19.1 Å². The summed E-state index contributed by atoms with van der Waals surface area (Å²) in [5.41, 5.74) is 0.874. The van der Waals surface area contributed by atoms with Crippen molar-refractivity contribution in [1.29, 1.82) is 0 Å². The van der Waals surface area contributed by atoms with Crippen LogP contribution in [0.25, 0.3) is 0 Å². The maximum atomic E-state index is 11.6. The third-order valence-electron chi connectivity index (χ3n) is 1.03. The van der Waals surface area contributed by atoms with Gasteiger partial charge in [0.15, 0.2) is 12.3 Å². The molecule has 0 unspecified atom stereocenters. The molecule has 0 aliphatic carbocycles. The van der Waals surface area contributed by atoms with E-state index in [2.05, 4.69) is 9.71 Å². The minimum atomic E-state index is 0.0509. The maximum absolute atomic E-state index is 11.6. The van der Waals surface area contributed by atoms with E-state index in [1.165, 1.54) is 0 Å². The number of nitrogens with zero attached hydrogens (tertiary/aromatic N) is 1. The SMILES string of the molecule is CC.Cc1cccc(NSF)n1. The zero-order chi connectivity index (χ0) is 9.40. The molecule has 0 amide bonds. The van der Waals surface area contributed by atoms with Crippen LogP contribution in [0.15, 0.2) is 18.2 Å². The molecule has 0 aromatic carbocycles. The Hall–Kier alpha value is -0.770. The van der Waals surface area contributed by atoms with Crippen molar-refractivity contribution >= 4 is 18.2 Å². The lowest BCUT2D eigenvalue weighted by molar-refractivity contribution is 0.942. The molecule has 0 radical (unpaired) electrons. The Morgan fingerprint density at radius 2 is 2.08 bits per heavy atom. The molecule has 0 saturated carbocycles. The number of anilines is 1. The molecule has 0 saturated heterocycles. The van der Waals surface area contributed by atoms with Crippen LogP contribution in [0.2, 0.25) is 0 Å². The first kappa shape index (κ1) is 11.2. The van der Waals surface area contributed by atoms with Gasteiger partial charge in [0.05, 0.1) is 0 Å². The number of hydrogen-bond acceptors (Lipinski definition) is 3. The predicted molar refractivity (Wildman–Crippen MR) is 52.6 cm³/mol. The molecule has 2 nitrogen and oxygen atoms in total. The Morgan fingerprint density at radius 3 is 2.58 bits per heavy atom. The highest BCUT2D eigenvalue weighted by Gasteiger charge is 1.90. The van der Waals surface area contributed by atoms with Crippen LogP contribution in [0.5, 0.6) is 0 Å². The molecule has 4 heteroatoms. The Balaban J connectivity index is 0.000000561. The first-order chi connectivity index (χ1) is 5.83. The quantitative estimate of drug-likeness (QED) is 0.720. The summed E-state index contributed by atoms with van der Waals surface area (Å²) in [5, 5.41) is 0. The van der Waals surface area contributed by atoms with Crippen LogP contribution in [-0.4, -0.2) is 4.98 Å². The van der Waals surface area contributed by atoms with Gasteiger partial charge < -0.3 is 0 Å². The molecule has 0 bridgehead atoms. The van der Waals surface area contributed by atoms with Gasteiger partial charge in [-0.25, -0.2) is 4.98 Å². The van der Waals surface area contributed by atoms with E-state index in [4.69, 9.17) is 0 Å². The molecule has 0 fully saturated rings. The van der Waals surface area contributed by atoms with Crippen molar-refractivity contribution in [2.24, 2.45) is 0 Å². The van der Waals surface area contributed by atoms with E-state index in [0.29, 0.717) is 5.82 Å². The fraction of sp³-hybridized carbons (Fsp3) is 0.375. The molecule has 12 heavy (non-hydrogen) atoms. The maximum Gasteiger partial charge on any atom is 0.163 e. The second-order valence-electron chi connectivity index (χ2n) is 1.84. The molecule has 0 atom stereocenters. The summed E-state index contributed by atoms with van der Waals surface area (Å²) >= 11 is 0.0509. The normalized spacial score (nSPS) is 8.33. The Labute approximate surface area is 77.0 Å². The smallest absolute Gasteiger partial charge is 0.163 e. The summed E-state index contributed by atoms with van der Waals surface area (Å²) < 4.78 is 14.0. The number of nitrogens with one attached hydrogen (secondary N) is 1. The van der Waals surface area contributed by atoms with Gasteiger partial charge in [0.1, 0.15) is 5.82 Å². The molecule has 1 aromatic rings. The first-order valence-electron chi connectivity index (χ1n) is 3.80. The highest BCUT2D eigenvalue weighted by molar-refractivity contribution is 7.95. The monoisotopic (exact) mass is 188 g/mol. The molecular formula is C8H13FN2S. The van der Waals surface area contributed by atoms with Crippen molar-refractivity contribution < 1.29 is 3.89 Å². The van der Waals surface area contributed by atoms with E-state index < -0.39 is 0 Å². The first-order valence-corrected chi connectivity index (χ1v) is 4.52. The Kier molecular flexibility index (Phi) is 6.47. The topological polar surface area (TPSA) is 24.9 Å². The van der Waals surface area contributed by atoms with E-state index >= 15 is 0 Å². The van der Waals surface area contributed by atoms with Gasteiger partial charge >= 0.3 is 0 Å². The van der Waals surface area contributed by atoms with Gasteiger partial charge in [-0.1, -0.05) is 19.9 Å². The molecule has 0 spiro atoms. The standard InChI is InChI=1S/C6H7FN2S.C2H6/c1-5-3-2-4-6(8-5)9-10-7;1-2/h2-4H,1H3,(H,8,9);1-2H3. The van der Waals surface area contributed by atoms with Gasteiger partial charge in [-0.2, -0.15) is 0 Å². The molecule has 1 rings (SSSR count). The predicted octanol–water partition coefficient (Wildman–Crippen LogP) is 3.36. The fourth-order valence-electron chi connectivity index (χ4n) is 0.639. The number of aryl methyl sites for hydroxylation is 1. The van der Waals surface area contributed by atoms with E-state index in [-0.39, 0.29) is 12.3 Å². The minimum Gasteiger partial charge on any atom is -0.287 e. The van der Waals surface area contributed by atoms with Crippen molar-refractivity contribution in [3.05, 3.63) is 23.9 Å². The summed E-state index contributed by atoms with van der Waals surface area (Å²) in [6, 6.07) is 5.38. The number of halogens is 1. The van der Waals surface area contributed by atoms with Gasteiger partial charge in [-0.3, -0.25) is 4.72 Å². The third-order valence-corrected chi connectivity index (χ3v) is 1.32. The highest BCUT2D eigenvalue weighted by atomic mass is 32.2. The van der Waals surface area contributed by atoms with Crippen molar-refractivity contribution in [1.82, 2.24) is 4.98 Å². The minimum absolute atomic E-state index is 0.0509. The lowest BCUT2D eigenvalue weighted by Crippen LogP contribution is -1.88. The molecular weight excluding hydrogens is 175 g/mol. The second-order valence-corrected chi connectivity index (χ2v) is 2.20. The van der Waals surface area contributed by atoms with Crippen molar-refractivity contribution in [2.75, 3.05) is 4.72 Å². The molecule has 1 N–H and O–H groups in total. The van der Waals surface area contributed by atoms with Crippen LogP contribution in [0.3, 0.4) is 0 Å². The van der Waals surface area contributed by atoms with Gasteiger partial charge in [-0.15, -0.1) is 3.89 Å². The summed E-state index contributed by atoms with van der Waals surface area (Å²) in [7, 11) is 0. The summed E-state index contributed by atoms with van der Waals surface area (Å²) in [5.74, 6) is 0.549. The second kappa shape index (κ2) is 6.91. The van der Waals surface area contributed by atoms with Gasteiger partial charge in [0, 0.05) is 5.69 Å². The average molecular weight is 188 g/mol. The van der Waals surface area contributed by atoms with Crippen LogP contribution in [0.4, 0.5) is 9.70 Å². The van der Waals surface area contributed by atoms with E-state index in [1.54, 1.807) is 6.07 Å². The molecule has 0 aliphatic rings. The number of aromatic nitrogens is 1. The number of pyridine rings is 1. The van der Waals surface area contributed by atoms with Crippen LogP contribution >= 0.6 is 12.3 Å². The Morgan fingerprint density at radius 1 is 1.42 bits per heavy atom. The van der Waals surface area contributed by atoms with Crippen molar-refractivity contribution in [2.45, 2.75) is 20.8 Å². The Bertz CT molecular complexity index is 218. The van der Waals surface area contributed by atoms with Crippen molar-refractivity contribution in [3.63, 3.8) is 0 Å². The summed E-state index contributed by atoms with van der Waals surface area (Å²) in [4.78, 5) is 3.99. The van der Waals surface area contributed by atoms with Gasteiger partial charge in [0.25, 0.3) is 0 Å². The van der Waals surface area contributed by atoms with Gasteiger partial charge in [0.2, 0.25) is 0 Å². The van der Waals surface area contributed by atoms with E-state index in [0.717, 1.165) is 5.69 Å². The van der Waals surface area contributed by atoms with Crippen LogP contribution in [0.1, 0.15) is 19.5 Å². The molecule has 1 aromatic heterocycles. The fourth-order valence-corrected chi connectivity index (χ4v) is 0.832. The lowest BCUT2D eigenvalue weighted by Gasteiger charge is -1.97. The number of rotatable bonds is 2. The molecule has 68 valence electrons. The highest BCUT2D eigenvalue weighted by Crippen LogP contribution is 2.09. The van der Waals surface area contributed by atoms with E-state index in [9.17, 15) is 3.89 Å². The number of hydrogen-bond donors (Lipinski definition) is 1. The zero-order valence-electron chi connectivity index (χ0n) is 7.47. The van der Waals surface area contributed by atoms with E-state index in [1.807, 2.05) is 32.9 Å². The molecule has 1 heterocycles. The summed E-state index contributed by atoms with van der Waals surface area (Å²) in [6.07, 6.45) is 0. The third kappa shape index (κ3) is 4.18. The van der Waals surface area contributed by atoms with Crippen molar-refractivity contribution in [3.8, 4) is 0 Å². The lowest BCUT2D eigenvalue weighted by atomic mass is 10.4. The van der Waals surface area contributed by atoms with Crippen LogP contribution in [0, 0.1) is 6.92 Å². The van der Waals surface area contributed by atoms with Crippen LogP contribution in [-0.2, 0) is 0 Å². The average Bonchev–Trinajstić information content (AvgIpc) is 2.09. The summed E-state index contributed by atoms with van der Waals surface area (Å²) in [6.45, 7) is 5.86. The van der Waals surface area contributed by atoms with Crippen LogP contribution < -0.4 is 4.72 Å². The largest absolute Gasteiger partial charge is 0.287 e. The zero-order valence-corrected chi connectivity index (χ0v) is 8.28.